The van der Waals surface area contributed by atoms with Crippen LogP contribution in [0.3, 0.4) is 0 Å². The molecule has 0 aromatic rings. The Labute approximate surface area is 62.0 Å². The van der Waals surface area contributed by atoms with Crippen LogP contribution in [0, 0.1) is 0 Å². The summed E-state index contributed by atoms with van der Waals surface area (Å²) >= 11 is 0. The molecule has 0 amide bonds. The monoisotopic (exact) mass is 145 g/mol. The SMILES string of the molecule is C=CCNCC(OC)OC. The van der Waals surface area contributed by atoms with E-state index in [1.165, 1.54) is 0 Å². The zero-order valence-corrected chi connectivity index (χ0v) is 6.59. The van der Waals surface area contributed by atoms with Crippen molar-refractivity contribution in [2.24, 2.45) is 0 Å². The van der Waals surface area contributed by atoms with Gasteiger partial charge in [-0.1, -0.05) is 6.08 Å². The van der Waals surface area contributed by atoms with Gasteiger partial charge in [0.15, 0.2) is 6.29 Å². The predicted octanol–water partition coefficient (Wildman–Crippen LogP) is 0.381. The second-order valence-corrected chi connectivity index (χ2v) is 1.85. The standard InChI is InChI=1S/C7H15NO2/c1-4-5-8-6-7(9-2)10-3/h4,7-8H,1,5-6H2,2-3H3. The molecule has 0 atom stereocenters. The Morgan fingerprint density at radius 2 is 2.10 bits per heavy atom. The molecule has 0 spiro atoms. The Hall–Kier alpha value is -0.380. The van der Waals surface area contributed by atoms with Crippen LogP contribution in [0.5, 0.6) is 0 Å². The highest BCUT2D eigenvalue weighted by Gasteiger charge is 2.01. The van der Waals surface area contributed by atoms with Gasteiger partial charge in [-0.15, -0.1) is 6.58 Å². The predicted molar refractivity (Wildman–Crippen MR) is 40.9 cm³/mol. The van der Waals surface area contributed by atoms with Crippen molar-refractivity contribution in [1.82, 2.24) is 5.32 Å². The topological polar surface area (TPSA) is 30.5 Å². The van der Waals surface area contributed by atoms with E-state index < -0.39 is 0 Å². The second-order valence-electron chi connectivity index (χ2n) is 1.85. The molecule has 0 aromatic heterocycles. The van der Waals surface area contributed by atoms with Crippen molar-refractivity contribution in [2.45, 2.75) is 6.29 Å². The van der Waals surface area contributed by atoms with Crippen LogP contribution in [0.25, 0.3) is 0 Å². The number of ether oxygens (including phenoxy) is 2. The van der Waals surface area contributed by atoms with Gasteiger partial charge < -0.3 is 14.8 Å². The lowest BCUT2D eigenvalue weighted by atomic mass is 10.5. The van der Waals surface area contributed by atoms with Crippen molar-refractivity contribution >= 4 is 0 Å². The van der Waals surface area contributed by atoms with Crippen molar-refractivity contribution in [3.63, 3.8) is 0 Å². The third kappa shape index (κ3) is 4.49. The van der Waals surface area contributed by atoms with Crippen molar-refractivity contribution in [2.75, 3.05) is 27.3 Å². The van der Waals surface area contributed by atoms with E-state index in [-0.39, 0.29) is 6.29 Å². The molecule has 0 heterocycles. The fourth-order valence-electron chi connectivity index (χ4n) is 0.566. The quantitative estimate of drug-likeness (QED) is 0.333. The summed E-state index contributed by atoms with van der Waals surface area (Å²) in [6.45, 7) is 5.04. The van der Waals surface area contributed by atoms with Crippen LogP contribution >= 0.6 is 0 Å². The van der Waals surface area contributed by atoms with Crippen molar-refractivity contribution in [3.05, 3.63) is 12.7 Å². The molecule has 0 rings (SSSR count). The van der Waals surface area contributed by atoms with Gasteiger partial charge in [0.2, 0.25) is 0 Å². The van der Waals surface area contributed by atoms with Crippen LogP contribution in [-0.4, -0.2) is 33.6 Å². The Kier molecular flexibility index (Phi) is 6.48. The summed E-state index contributed by atoms with van der Waals surface area (Å²) in [7, 11) is 3.23. The molecule has 0 aliphatic carbocycles. The van der Waals surface area contributed by atoms with Gasteiger partial charge in [-0.25, -0.2) is 0 Å². The fourth-order valence-corrected chi connectivity index (χ4v) is 0.566. The Bertz CT molecular complexity index is 81.7. The molecule has 1 N–H and O–H groups in total. The maximum absolute atomic E-state index is 4.93. The second kappa shape index (κ2) is 6.74. The van der Waals surface area contributed by atoms with Crippen molar-refractivity contribution in [3.8, 4) is 0 Å². The van der Waals surface area contributed by atoms with E-state index >= 15 is 0 Å². The number of hydrogen-bond donors (Lipinski definition) is 1. The van der Waals surface area contributed by atoms with E-state index in [0.29, 0.717) is 6.54 Å². The average molecular weight is 145 g/mol. The molecule has 60 valence electrons. The first-order valence-electron chi connectivity index (χ1n) is 3.22. The van der Waals surface area contributed by atoms with Gasteiger partial charge in [0, 0.05) is 27.3 Å². The summed E-state index contributed by atoms with van der Waals surface area (Å²) in [5.41, 5.74) is 0. The van der Waals surface area contributed by atoms with Crippen LogP contribution in [-0.2, 0) is 9.47 Å². The number of nitrogens with one attached hydrogen (secondary N) is 1. The van der Waals surface area contributed by atoms with Gasteiger partial charge in [-0.05, 0) is 0 Å². The lowest BCUT2D eigenvalue weighted by Crippen LogP contribution is -2.29. The molecule has 0 aliphatic rings. The maximum Gasteiger partial charge on any atom is 0.169 e. The highest BCUT2D eigenvalue weighted by atomic mass is 16.7. The van der Waals surface area contributed by atoms with E-state index in [9.17, 15) is 0 Å². The van der Waals surface area contributed by atoms with E-state index in [4.69, 9.17) is 9.47 Å². The number of rotatable bonds is 6. The molecule has 0 aromatic carbocycles. The van der Waals surface area contributed by atoms with Gasteiger partial charge in [0.1, 0.15) is 0 Å². The Balaban J connectivity index is 3.16. The third-order valence-corrected chi connectivity index (χ3v) is 1.13. The summed E-state index contributed by atoms with van der Waals surface area (Å²) in [6, 6.07) is 0. The van der Waals surface area contributed by atoms with Crippen LogP contribution in [0.1, 0.15) is 0 Å². The Morgan fingerprint density at radius 3 is 2.50 bits per heavy atom. The summed E-state index contributed by atoms with van der Waals surface area (Å²) in [5, 5.41) is 3.07. The van der Waals surface area contributed by atoms with Crippen LogP contribution < -0.4 is 5.32 Å². The molecule has 0 fully saturated rings. The first-order valence-corrected chi connectivity index (χ1v) is 3.22. The lowest BCUT2D eigenvalue weighted by molar-refractivity contribution is -0.0983. The zero-order chi connectivity index (χ0) is 7.82. The van der Waals surface area contributed by atoms with E-state index in [0.717, 1.165) is 6.54 Å². The van der Waals surface area contributed by atoms with Gasteiger partial charge in [-0.3, -0.25) is 0 Å². The zero-order valence-electron chi connectivity index (χ0n) is 6.59. The average Bonchev–Trinajstić information content (AvgIpc) is 1.99. The maximum atomic E-state index is 4.93. The molecule has 0 radical (unpaired) electrons. The molecule has 0 saturated carbocycles. The van der Waals surface area contributed by atoms with Gasteiger partial charge >= 0.3 is 0 Å². The van der Waals surface area contributed by atoms with Crippen LogP contribution in [0.4, 0.5) is 0 Å². The minimum Gasteiger partial charge on any atom is -0.355 e. The molecule has 0 saturated heterocycles. The summed E-state index contributed by atoms with van der Waals surface area (Å²) in [5.74, 6) is 0. The summed E-state index contributed by atoms with van der Waals surface area (Å²) in [4.78, 5) is 0. The van der Waals surface area contributed by atoms with E-state index in [2.05, 4.69) is 11.9 Å². The molecule has 3 nitrogen and oxygen atoms in total. The van der Waals surface area contributed by atoms with Gasteiger partial charge in [0.05, 0.1) is 0 Å². The molecule has 0 bridgehead atoms. The third-order valence-electron chi connectivity index (χ3n) is 1.13. The number of hydrogen-bond acceptors (Lipinski definition) is 3. The smallest absolute Gasteiger partial charge is 0.169 e. The summed E-state index contributed by atoms with van der Waals surface area (Å²) < 4.78 is 9.85. The summed E-state index contributed by atoms with van der Waals surface area (Å²) in [6.07, 6.45) is 1.64. The number of methoxy groups -OCH3 is 2. The van der Waals surface area contributed by atoms with E-state index in [1.54, 1.807) is 20.3 Å². The van der Waals surface area contributed by atoms with Gasteiger partial charge in [-0.2, -0.15) is 0 Å². The molecule has 10 heavy (non-hydrogen) atoms. The molecule has 0 unspecified atom stereocenters. The first kappa shape index (κ1) is 9.62. The van der Waals surface area contributed by atoms with Crippen LogP contribution in [0.2, 0.25) is 0 Å². The van der Waals surface area contributed by atoms with E-state index in [1.807, 2.05) is 0 Å². The molecule has 3 heteroatoms. The lowest BCUT2D eigenvalue weighted by Gasteiger charge is -2.12. The first-order chi connectivity index (χ1) is 4.85. The van der Waals surface area contributed by atoms with Crippen molar-refractivity contribution < 1.29 is 9.47 Å². The largest absolute Gasteiger partial charge is 0.355 e. The molecular weight excluding hydrogens is 130 g/mol. The molecule has 0 aliphatic heterocycles. The highest BCUT2D eigenvalue weighted by Crippen LogP contribution is 1.86. The minimum absolute atomic E-state index is 0.153. The van der Waals surface area contributed by atoms with Gasteiger partial charge in [0.25, 0.3) is 0 Å². The molecular formula is C7H15NO2. The van der Waals surface area contributed by atoms with Crippen LogP contribution in [0.15, 0.2) is 12.7 Å². The normalized spacial score (nSPS) is 10.3. The minimum atomic E-state index is -0.153. The Morgan fingerprint density at radius 1 is 1.50 bits per heavy atom. The fraction of sp³-hybridized carbons (Fsp3) is 0.714. The highest BCUT2D eigenvalue weighted by molar-refractivity contribution is 4.69. The van der Waals surface area contributed by atoms with Crippen molar-refractivity contribution in [1.29, 1.82) is 0 Å².